The number of rotatable bonds is 4. The summed E-state index contributed by atoms with van der Waals surface area (Å²) in [6.07, 6.45) is 5.14. The highest BCUT2D eigenvalue weighted by Crippen LogP contribution is 2.30. The van der Waals surface area contributed by atoms with Gasteiger partial charge >= 0.3 is 0 Å². The van der Waals surface area contributed by atoms with Gasteiger partial charge in [-0.05, 0) is 42.5 Å². The molecule has 0 aliphatic heterocycles. The van der Waals surface area contributed by atoms with Crippen molar-refractivity contribution in [2.45, 2.75) is 45.6 Å². The molecule has 3 rings (SSSR count). The summed E-state index contributed by atoms with van der Waals surface area (Å²) in [6, 6.07) is 6.18. The molecule has 1 aromatic carbocycles. The Labute approximate surface area is 124 Å². The van der Waals surface area contributed by atoms with Crippen molar-refractivity contribution in [3.05, 3.63) is 47.0 Å². The van der Waals surface area contributed by atoms with E-state index in [-0.39, 0.29) is 12.5 Å². The molecule has 0 saturated heterocycles. The molecule has 0 radical (unpaired) electrons. The highest BCUT2D eigenvalue weighted by Gasteiger charge is 2.14. The molecule has 4 nitrogen and oxygen atoms in total. The molecule has 1 heterocycles. The van der Waals surface area contributed by atoms with Gasteiger partial charge in [0.05, 0.1) is 12.8 Å². The van der Waals surface area contributed by atoms with Gasteiger partial charge < -0.3 is 9.84 Å². The molecule has 0 unspecified atom stereocenters. The summed E-state index contributed by atoms with van der Waals surface area (Å²) in [5, 5.41) is 9.49. The number of benzene rings is 1. The molecule has 0 saturated carbocycles. The Balaban J connectivity index is 1.87. The van der Waals surface area contributed by atoms with Crippen molar-refractivity contribution in [3.8, 4) is 11.5 Å². The fourth-order valence-electron chi connectivity index (χ4n) is 2.64. The molecule has 21 heavy (non-hydrogen) atoms. The lowest BCUT2D eigenvalue weighted by Gasteiger charge is -2.12. The van der Waals surface area contributed by atoms with E-state index in [2.05, 4.69) is 22.1 Å². The van der Waals surface area contributed by atoms with Gasteiger partial charge in [0.2, 0.25) is 0 Å². The second-order valence-corrected chi connectivity index (χ2v) is 5.74. The zero-order chi connectivity index (χ0) is 14.8. The second-order valence-electron chi connectivity index (χ2n) is 5.74. The number of hydrogen-bond acceptors (Lipinski definition) is 4. The van der Waals surface area contributed by atoms with Crippen LogP contribution in [0.2, 0.25) is 0 Å². The van der Waals surface area contributed by atoms with Crippen molar-refractivity contribution in [1.82, 2.24) is 9.97 Å². The Morgan fingerprint density at radius 3 is 2.81 bits per heavy atom. The van der Waals surface area contributed by atoms with Crippen LogP contribution in [0, 0.1) is 0 Å². The molecule has 1 aliphatic rings. The van der Waals surface area contributed by atoms with Gasteiger partial charge in [0.15, 0.2) is 5.75 Å². The van der Waals surface area contributed by atoms with Crippen LogP contribution in [0.5, 0.6) is 11.5 Å². The molecule has 1 N–H and O–H groups in total. The SMILES string of the molecule is CC(C)c1ncc(Oc2ccc3c(c2)CCC3)c(CO)n1. The lowest BCUT2D eigenvalue weighted by Crippen LogP contribution is -2.03. The van der Waals surface area contributed by atoms with Crippen molar-refractivity contribution in [2.75, 3.05) is 0 Å². The average Bonchev–Trinajstić information content (AvgIpc) is 2.95. The normalized spacial score (nSPS) is 13.5. The molecule has 110 valence electrons. The van der Waals surface area contributed by atoms with Crippen molar-refractivity contribution >= 4 is 0 Å². The number of aromatic nitrogens is 2. The predicted molar refractivity (Wildman–Crippen MR) is 80.6 cm³/mol. The molecule has 1 aliphatic carbocycles. The Morgan fingerprint density at radius 2 is 2.05 bits per heavy atom. The largest absolute Gasteiger partial charge is 0.454 e. The van der Waals surface area contributed by atoms with Gasteiger partial charge in [-0.2, -0.15) is 0 Å². The summed E-state index contributed by atoms with van der Waals surface area (Å²) < 4.78 is 5.88. The topological polar surface area (TPSA) is 55.2 Å². The zero-order valence-corrected chi connectivity index (χ0v) is 12.5. The molecular formula is C17H20N2O2. The van der Waals surface area contributed by atoms with Crippen LogP contribution in [0.4, 0.5) is 0 Å². The maximum absolute atomic E-state index is 9.49. The van der Waals surface area contributed by atoms with E-state index < -0.39 is 0 Å². The number of hydrogen-bond donors (Lipinski definition) is 1. The van der Waals surface area contributed by atoms with Gasteiger partial charge in [-0.25, -0.2) is 9.97 Å². The molecule has 2 aromatic rings. The van der Waals surface area contributed by atoms with E-state index in [9.17, 15) is 5.11 Å². The molecule has 0 atom stereocenters. The van der Waals surface area contributed by atoms with E-state index in [0.717, 1.165) is 24.4 Å². The van der Waals surface area contributed by atoms with Gasteiger partial charge in [0.25, 0.3) is 0 Å². The molecule has 0 spiro atoms. The Kier molecular flexibility index (Phi) is 3.88. The third-order valence-electron chi connectivity index (χ3n) is 3.81. The van der Waals surface area contributed by atoms with E-state index in [1.54, 1.807) is 6.20 Å². The number of aliphatic hydroxyl groups is 1. The van der Waals surface area contributed by atoms with Crippen molar-refractivity contribution in [1.29, 1.82) is 0 Å². The average molecular weight is 284 g/mol. The summed E-state index contributed by atoms with van der Waals surface area (Å²) in [5.74, 6) is 2.26. The smallest absolute Gasteiger partial charge is 0.169 e. The molecule has 0 fully saturated rings. The summed E-state index contributed by atoms with van der Waals surface area (Å²) in [4.78, 5) is 8.68. The van der Waals surface area contributed by atoms with Gasteiger partial charge in [0.1, 0.15) is 17.3 Å². The lowest BCUT2D eigenvalue weighted by molar-refractivity contribution is 0.270. The fraction of sp³-hybridized carbons (Fsp3) is 0.412. The maximum Gasteiger partial charge on any atom is 0.169 e. The van der Waals surface area contributed by atoms with Crippen molar-refractivity contribution < 1.29 is 9.84 Å². The second kappa shape index (κ2) is 5.82. The molecule has 1 aromatic heterocycles. The van der Waals surface area contributed by atoms with E-state index in [0.29, 0.717) is 11.4 Å². The van der Waals surface area contributed by atoms with E-state index in [4.69, 9.17) is 4.74 Å². The summed E-state index contributed by atoms with van der Waals surface area (Å²) in [5.41, 5.74) is 3.31. The standard InChI is InChI=1S/C17H20N2O2/c1-11(2)17-18-9-16(15(10-20)19-17)21-14-7-6-12-4-3-5-13(12)8-14/h6-9,11,20H,3-5,10H2,1-2H3. The Hall–Kier alpha value is -1.94. The Bertz CT molecular complexity index is 653. The van der Waals surface area contributed by atoms with E-state index in [1.807, 2.05) is 19.9 Å². The predicted octanol–water partition coefficient (Wildman–Crippen LogP) is 3.37. The number of aryl methyl sites for hydroxylation is 2. The first-order valence-corrected chi connectivity index (χ1v) is 7.43. The number of aliphatic hydroxyl groups excluding tert-OH is 1. The number of nitrogens with zero attached hydrogens (tertiary/aromatic N) is 2. The minimum absolute atomic E-state index is 0.150. The van der Waals surface area contributed by atoms with Crippen LogP contribution < -0.4 is 4.74 Å². The number of fused-ring (bicyclic) bond motifs is 1. The molecule has 0 bridgehead atoms. The first kappa shape index (κ1) is 14.0. The fourth-order valence-corrected chi connectivity index (χ4v) is 2.64. The lowest BCUT2D eigenvalue weighted by atomic mass is 10.1. The van der Waals surface area contributed by atoms with Crippen LogP contribution in [-0.4, -0.2) is 15.1 Å². The van der Waals surface area contributed by atoms with E-state index in [1.165, 1.54) is 17.5 Å². The minimum atomic E-state index is -0.150. The molecule has 4 heteroatoms. The highest BCUT2D eigenvalue weighted by molar-refractivity contribution is 5.41. The Morgan fingerprint density at radius 1 is 1.24 bits per heavy atom. The maximum atomic E-state index is 9.49. The van der Waals surface area contributed by atoms with Crippen LogP contribution in [0.15, 0.2) is 24.4 Å². The van der Waals surface area contributed by atoms with Crippen LogP contribution in [0.25, 0.3) is 0 Å². The third kappa shape index (κ3) is 2.90. The van der Waals surface area contributed by atoms with Crippen LogP contribution in [-0.2, 0) is 19.4 Å². The monoisotopic (exact) mass is 284 g/mol. The molecular weight excluding hydrogens is 264 g/mol. The first-order chi connectivity index (χ1) is 10.2. The first-order valence-electron chi connectivity index (χ1n) is 7.43. The highest BCUT2D eigenvalue weighted by atomic mass is 16.5. The summed E-state index contributed by atoms with van der Waals surface area (Å²) in [6.45, 7) is 3.90. The van der Waals surface area contributed by atoms with E-state index >= 15 is 0 Å². The van der Waals surface area contributed by atoms with Crippen LogP contribution in [0.3, 0.4) is 0 Å². The van der Waals surface area contributed by atoms with Crippen molar-refractivity contribution in [3.63, 3.8) is 0 Å². The van der Waals surface area contributed by atoms with Crippen LogP contribution >= 0.6 is 0 Å². The van der Waals surface area contributed by atoms with Crippen LogP contribution in [0.1, 0.15) is 48.8 Å². The zero-order valence-electron chi connectivity index (χ0n) is 12.5. The van der Waals surface area contributed by atoms with Gasteiger partial charge in [-0.15, -0.1) is 0 Å². The van der Waals surface area contributed by atoms with Gasteiger partial charge in [-0.3, -0.25) is 0 Å². The third-order valence-corrected chi connectivity index (χ3v) is 3.81. The van der Waals surface area contributed by atoms with Crippen molar-refractivity contribution in [2.24, 2.45) is 0 Å². The minimum Gasteiger partial charge on any atom is -0.454 e. The van der Waals surface area contributed by atoms with Gasteiger partial charge in [-0.1, -0.05) is 19.9 Å². The number of ether oxygens (including phenoxy) is 1. The van der Waals surface area contributed by atoms with Gasteiger partial charge in [0, 0.05) is 5.92 Å². The summed E-state index contributed by atoms with van der Waals surface area (Å²) in [7, 11) is 0. The molecule has 0 amide bonds. The summed E-state index contributed by atoms with van der Waals surface area (Å²) >= 11 is 0. The quantitative estimate of drug-likeness (QED) is 0.935.